The number of ether oxygens (including phenoxy) is 1. The summed E-state index contributed by atoms with van der Waals surface area (Å²) in [5.41, 5.74) is 1.13. The largest absolute Gasteiger partial charge is 0.497 e. The highest BCUT2D eigenvalue weighted by atomic mass is 16.5. The van der Waals surface area contributed by atoms with E-state index in [1.54, 1.807) is 24.1 Å². The number of likely N-dealkylation sites (N-methyl/N-ethyl adjacent to an activating group) is 1. The molecule has 0 bridgehead atoms. The second-order valence-corrected chi connectivity index (χ2v) is 5.29. The van der Waals surface area contributed by atoms with E-state index in [4.69, 9.17) is 4.74 Å². The monoisotopic (exact) mass is 302 g/mol. The fraction of sp³-hybridized carbons (Fsp3) is 0.375. The third-order valence-corrected chi connectivity index (χ3v) is 3.63. The average Bonchev–Trinajstić information content (AvgIpc) is 2.91. The number of nitrogens with zero attached hydrogens (tertiary/aromatic N) is 3. The summed E-state index contributed by atoms with van der Waals surface area (Å²) < 4.78 is 6.81. The van der Waals surface area contributed by atoms with Gasteiger partial charge in [0.05, 0.1) is 13.7 Å². The van der Waals surface area contributed by atoms with Crippen molar-refractivity contribution in [3.8, 4) is 5.75 Å². The number of carbonyl (C=O) groups is 1. The molecule has 1 atom stereocenters. The molecular formula is C16H22N4O2. The average molecular weight is 302 g/mol. The fourth-order valence-electron chi connectivity index (χ4n) is 2.16. The minimum absolute atomic E-state index is 0.0819. The van der Waals surface area contributed by atoms with Crippen LogP contribution in [-0.4, -0.2) is 41.3 Å². The maximum Gasteiger partial charge on any atom is 0.239 e. The lowest BCUT2D eigenvalue weighted by Gasteiger charge is -2.24. The highest BCUT2D eigenvalue weighted by Crippen LogP contribution is 2.21. The molecule has 22 heavy (non-hydrogen) atoms. The third-order valence-electron chi connectivity index (χ3n) is 3.63. The second-order valence-electron chi connectivity index (χ2n) is 5.29. The fourth-order valence-corrected chi connectivity index (χ4v) is 2.16. The van der Waals surface area contributed by atoms with Gasteiger partial charge in [-0.3, -0.25) is 14.4 Å². The Labute approximate surface area is 130 Å². The first-order valence-corrected chi connectivity index (χ1v) is 7.13. The Morgan fingerprint density at radius 1 is 1.36 bits per heavy atom. The minimum atomic E-state index is -0.0819. The van der Waals surface area contributed by atoms with Crippen LogP contribution in [-0.2, 0) is 11.8 Å². The summed E-state index contributed by atoms with van der Waals surface area (Å²) in [6.07, 6.45) is 1.79. The maximum atomic E-state index is 12.0. The van der Waals surface area contributed by atoms with E-state index in [9.17, 15) is 4.79 Å². The van der Waals surface area contributed by atoms with E-state index in [0.29, 0.717) is 12.4 Å². The van der Waals surface area contributed by atoms with Crippen LogP contribution in [0.25, 0.3) is 0 Å². The lowest BCUT2D eigenvalue weighted by atomic mass is 10.1. The van der Waals surface area contributed by atoms with Crippen molar-refractivity contribution in [1.29, 1.82) is 0 Å². The molecule has 1 heterocycles. The van der Waals surface area contributed by atoms with Crippen LogP contribution in [0.4, 0.5) is 5.82 Å². The molecule has 0 fully saturated rings. The zero-order valence-corrected chi connectivity index (χ0v) is 13.4. The Bertz CT molecular complexity index is 621. The standard InChI is InChI=1S/C16H22N4O2/c1-12(13-5-7-14(22-4)8-6-13)19(2)11-16(21)17-15-9-10-20(3)18-15/h5-10,12H,11H2,1-4H3,(H,17,18,21). The predicted octanol–water partition coefficient (Wildman–Crippen LogP) is 2.06. The molecule has 1 unspecified atom stereocenters. The van der Waals surface area contributed by atoms with Crippen LogP contribution in [0.5, 0.6) is 5.75 Å². The molecule has 0 saturated carbocycles. The molecule has 1 aromatic heterocycles. The van der Waals surface area contributed by atoms with Crippen LogP contribution in [0, 0.1) is 0 Å². The van der Waals surface area contributed by atoms with Crippen molar-refractivity contribution in [2.45, 2.75) is 13.0 Å². The maximum absolute atomic E-state index is 12.0. The first-order valence-electron chi connectivity index (χ1n) is 7.13. The number of methoxy groups -OCH3 is 1. The van der Waals surface area contributed by atoms with E-state index in [1.165, 1.54) is 0 Å². The van der Waals surface area contributed by atoms with E-state index >= 15 is 0 Å². The van der Waals surface area contributed by atoms with E-state index in [1.807, 2.05) is 43.3 Å². The summed E-state index contributed by atoms with van der Waals surface area (Å²) in [6, 6.07) is 9.76. The number of amides is 1. The number of carbonyl (C=O) groups excluding carboxylic acids is 1. The number of aromatic nitrogens is 2. The van der Waals surface area contributed by atoms with Crippen LogP contribution >= 0.6 is 0 Å². The van der Waals surface area contributed by atoms with Crippen molar-refractivity contribution in [3.63, 3.8) is 0 Å². The van der Waals surface area contributed by atoms with Crippen LogP contribution < -0.4 is 10.1 Å². The van der Waals surface area contributed by atoms with Crippen LogP contribution in [0.15, 0.2) is 36.5 Å². The van der Waals surface area contributed by atoms with Gasteiger partial charge in [0.25, 0.3) is 0 Å². The van der Waals surface area contributed by atoms with E-state index in [0.717, 1.165) is 11.3 Å². The number of benzene rings is 1. The van der Waals surface area contributed by atoms with Gasteiger partial charge in [0.1, 0.15) is 5.75 Å². The number of rotatable bonds is 6. The molecule has 1 aromatic carbocycles. The lowest BCUT2D eigenvalue weighted by molar-refractivity contribution is -0.117. The molecule has 0 aliphatic rings. The van der Waals surface area contributed by atoms with Crippen LogP contribution in [0.2, 0.25) is 0 Å². The van der Waals surface area contributed by atoms with Gasteiger partial charge in [-0.05, 0) is 31.7 Å². The summed E-state index contributed by atoms with van der Waals surface area (Å²) in [5.74, 6) is 1.31. The summed E-state index contributed by atoms with van der Waals surface area (Å²) >= 11 is 0. The topological polar surface area (TPSA) is 59.4 Å². The smallest absolute Gasteiger partial charge is 0.239 e. The molecule has 1 amide bonds. The van der Waals surface area contributed by atoms with Gasteiger partial charge in [0.2, 0.25) is 5.91 Å². The highest BCUT2D eigenvalue weighted by Gasteiger charge is 2.15. The Balaban J connectivity index is 1.92. The molecule has 0 radical (unpaired) electrons. The summed E-state index contributed by atoms with van der Waals surface area (Å²) in [5, 5.41) is 6.92. The van der Waals surface area contributed by atoms with E-state index < -0.39 is 0 Å². The summed E-state index contributed by atoms with van der Waals surface area (Å²) in [4.78, 5) is 14.0. The Morgan fingerprint density at radius 2 is 2.05 bits per heavy atom. The molecule has 0 saturated heterocycles. The van der Waals surface area contributed by atoms with Gasteiger partial charge >= 0.3 is 0 Å². The molecule has 0 aliphatic heterocycles. The Hall–Kier alpha value is -2.34. The molecule has 2 rings (SSSR count). The SMILES string of the molecule is COc1ccc(C(C)N(C)CC(=O)Nc2ccn(C)n2)cc1. The minimum Gasteiger partial charge on any atom is -0.497 e. The number of hydrogen-bond donors (Lipinski definition) is 1. The lowest BCUT2D eigenvalue weighted by Crippen LogP contribution is -2.32. The Kier molecular flexibility index (Phi) is 5.16. The van der Waals surface area contributed by atoms with E-state index in [2.05, 4.69) is 17.3 Å². The predicted molar refractivity (Wildman–Crippen MR) is 85.9 cm³/mol. The Morgan fingerprint density at radius 3 is 2.59 bits per heavy atom. The molecule has 0 spiro atoms. The first-order chi connectivity index (χ1) is 10.5. The third kappa shape index (κ3) is 4.08. The zero-order valence-electron chi connectivity index (χ0n) is 13.4. The van der Waals surface area contributed by atoms with E-state index in [-0.39, 0.29) is 11.9 Å². The van der Waals surface area contributed by atoms with Crippen molar-refractivity contribution in [2.75, 3.05) is 26.0 Å². The van der Waals surface area contributed by atoms with Crippen LogP contribution in [0.1, 0.15) is 18.5 Å². The van der Waals surface area contributed by atoms with Gasteiger partial charge in [-0.2, -0.15) is 5.10 Å². The van der Waals surface area contributed by atoms with Gasteiger partial charge in [-0.25, -0.2) is 0 Å². The highest BCUT2D eigenvalue weighted by molar-refractivity contribution is 5.91. The number of aryl methyl sites for hydroxylation is 1. The quantitative estimate of drug-likeness (QED) is 0.887. The number of nitrogens with one attached hydrogen (secondary N) is 1. The van der Waals surface area contributed by atoms with Crippen LogP contribution in [0.3, 0.4) is 0 Å². The van der Waals surface area contributed by atoms with Gasteiger partial charge < -0.3 is 10.1 Å². The summed E-state index contributed by atoms with van der Waals surface area (Å²) in [7, 11) is 5.38. The van der Waals surface area contributed by atoms with Gasteiger partial charge in [0.15, 0.2) is 5.82 Å². The summed E-state index contributed by atoms with van der Waals surface area (Å²) in [6.45, 7) is 2.36. The molecule has 118 valence electrons. The molecule has 1 N–H and O–H groups in total. The van der Waals surface area contributed by atoms with Gasteiger partial charge in [-0.1, -0.05) is 12.1 Å². The normalized spacial score (nSPS) is 12.2. The zero-order chi connectivity index (χ0) is 16.1. The van der Waals surface area contributed by atoms with Gasteiger partial charge in [0, 0.05) is 25.4 Å². The van der Waals surface area contributed by atoms with Crippen molar-refractivity contribution >= 4 is 11.7 Å². The van der Waals surface area contributed by atoms with Crippen molar-refractivity contribution in [2.24, 2.45) is 7.05 Å². The van der Waals surface area contributed by atoms with Gasteiger partial charge in [-0.15, -0.1) is 0 Å². The molecule has 6 nitrogen and oxygen atoms in total. The molecule has 0 aliphatic carbocycles. The number of hydrogen-bond acceptors (Lipinski definition) is 4. The molecule has 2 aromatic rings. The van der Waals surface area contributed by atoms with Crippen molar-refractivity contribution in [3.05, 3.63) is 42.1 Å². The van der Waals surface area contributed by atoms with Crippen molar-refractivity contribution in [1.82, 2.24) is 14.7 Å². The first kappa shape index (κ1) is 16.0. The van der Waals surface area contributed by atoms with Crippen molar-refractivity contribution < 1.29 is 9.53 Å². The number of anilines is 1. The molecule has 6 heteroatoms. The second kappa shape index (κ2) is 7.09. The molecular weight excluding hydrogens is 280 g/mol.